The Balaban J connectivity index is 2.02. The molecular weight excluding hydrogens is 304 g/mol. The summed E-state index contributed by atoms with van der Waals surface area (Å²) in [6.45, 7) is 4.53. The van der Waals surface area contributed by atoms with Crippen LogP contribution in [0.25, 0.3) is 27.8 Å². The first-order valence-corrected chi connectivity index (χ1v) is 8.80. The summed E-state index contributed by atoms with van der Waals surface area (Å²) in [5.74, 6) is 1.67. The van der Waals surface area contributed by atoms with Crippen LogP contribution in [0.5, 0.6) is 0 Å². The van der Waals surface area contributed by atoms with Gasteiger partial charge in [0.2, 0.25) is 0 Å². The predicted molar refractivity (Wildman–Crippen MR) is 104 cm³/mol. The second-order valence-electron chi connectivity index (χ2n) is 6.88. The number of aryl methyl sites for hydroxylation is 1. The second-order valence-corrected chi connectivity index (χ2v) is 6.88. The Hall–Kier alpha value is -2.87. The van der Waals surface area contributed by atoms with Crippen LogP contribution in [0.2, 0.25) is 0 Å². The second kappa shape index (κ2) is 6.21. The summed E-state index contributed by atoms with van der Waals surface area (Å²) in [5, 5.41) is 2.58. The largest absolute Gasteiger partial charge is 0.294 e. The molecule has 1 heterocycles. The highest BCUT2D eigenvalue weighted by atomic mass is 15.1. The summed E-state index contributed by atoms with van der Waals surface area (Å²) >= 11 is 0. The first kappa shape index (κ1) is 15.6. The molecule has 0 aliphatic carbocycles. The van der Waals surface area contributed by atoms with E-state index in [1.54, 1.807) is 0 Å². The van der Waals surface area contributed by atoms with E-state index in [-0.39, 0.29) is 0 Å². The summed E-state index contributed by atoms with van der Waals surface area (Å²) in [6, 6.07) is 23.8. The Labute approximate surface area is 149 Å². The minimum absolute atomic E-state index is 0.457. The fourth-order valence-corrected chi connectivity index (χ4v) is 3.52. The summed E-state index contributed by atoms with van der Waals surface area (Å²) in [7, 11) is 2.12. The number of hydrogen-bond donors (Lipinski definition) is 0. The number of fused-ring (bicyclic) bond motifs is 1. The highest BCUT2D eigenvalue weighted by molar-refractivity contribution is 5.88. The Bertz CT molecular complexity index is 1030. The van der Waals surface area contributed by atoms with Crippen LogP contribution >= 0.6 is 0 Å². The van der Waals surface area contributed by atoms with E-state index in [0.29, 0.717) is 5.92 Å². The maximum absolute atomic E-state index is 2.34. The zero-order chi connectivity index (χ0) is 17.4. The lowest BCUT2D eigenvalue weighted by Gasteiger charge is -2.14. The molecule has 0 spiro atoms. The smallest absolute Gasteiger partial charge is 0.232 e. The molecular formula is C23H23N2+. The van der Waals surface area contributed by atoms with Gasteiger partial charge in [0.15, 0.2) is 0 Å². The Morgan fingerprint density at radius 3 is 2.16 bits per heavy atom. The number of aromatic nitrogens is 2. The topological polar surface area (TPSA) is 8.81 Å². The van der Waals surface area contributed by atoms with Gasteiger partial charge < -0.3 is 0 Å². The van der Waals surface area contributed by atoms with Gasteiger partial charge in [0.1, 0.15) is 18.1 Å². The Morgan fingerprint density at radius 1 is 0.840 bits per heavy atom. The lowest BCUT2D eigenvalue weighted by Crippen LogP contribution is -2.29. The van der Waals surface area contributed by atoms with Crippen molar-refractivity contribution in [2.75, 3.05) is 0 Å². The fourth-order valence-electron chi connectivity index (χ4n) is 3.52. The van der Waals surface area contributed by atoms with Gasteiger partial charge in [-0.05, 0) is 46.5 Å². The molecule has 0 amide bonds. The van der Waals surface area contributed by atoms with E-state index < -0.39 is 0 Å². The van der Waals surface area contributed by atoms with Crippen LogP contribution in [-0.2, 0) is 7.05 Å². The first-order valence-electron chi connectivity index (χ1n) is 8.80. The number of para-hydroxylation sites is 1. The van der Waals surface area contributed by atoms with Crippen molar-refractivity contribution in [3.05, 3.63) is 84.7 Å². The van der Waals surface area contributed by atoms with Gasteiger partial charge in [0.05, 0.1) is 12.6 Å². The van der Waals surface area contributed by atoms with E-state index >= 15 is 0 Å². The molecule has 0 aliphatic rings. The van der Waals surface area contributed by atoms with Crippen molar-refractivity contribution in [2.45, 2.75) is 19.8 Å². The van der Waals surface area contributed by atoms with Crippen LogP contribution in [-0.4, -0.2) is 4.57 Å². The maximum Gasteiger partial charge on any atom is 0.294 e. The lowest BCUT2D eigenvalue weighted by molar-refractivity contribution is -0.659. The summed E-state index contributed by atoms with van der Waals surface area (Å²) in [6.07, 6.45) is 4.27. The third-order valence-corrected chi connectivity index (χ3v) is 4.82. The number of rotatable bonds is 3. The molecule has 3 aromatic carbocycles. The minimum atomic E-state index is 0.457. The number of imidazole rings is 1. The zero-order valence-corrected chi connectivity index (χ0v) is 15.0. The van der Waals surface area contributed by atoms with E-state index in [4.69, 9.17) is 0 Å². The molecule has 0 radical (unpaired) electrons. The zero-order valence-electron chi connectivity index (χ0n) is 15.0. The van der Waals surface area contributed by atoms with Gasteiger partial charge in [-0.3, -0.25) is 0 Å². The number of hydrogen-bond acceptors (Lipinski definition) is 0. The molecule has 0 N–H and O–H groups in total. The molecule has 0 atom stereocenters. The molecule has 2 heteroatoms. The van der Waals surface area contributed by atoms with Crippen molar-refractivity contribution in [1.29, 1.82) is 0 Å². The SMILES string of the molecule is CC(C)c1cc2ccccc2cc1-c1n(-c2ccccc2)cc[n+]1C. The van der Waals surface area contributed by atoms with Crippen molar-refractivity contribution in [1.82, 2.24) is 4.57 Å². The van der Waals surface area contributed by atoms with Crippen LogP contribution in [0.15, 0.2) is 79.1 Å². The van der Waals surface area contributed by atoms with Crippen molar-refractivity contribution in [3.8, 4) is 17.1 Å². The third-order valence-electron chi connectivity index (χ3n) is 4.82. The predicted octanol–water partition coefficient (Wildman–Crippen LogP) is 5.25. The highest BCUT2D eigenvalue weighted by Gasteiger charge is 2.23. The van der Waals surface area contributed by atoms with Gasteiger partial charge in [-0.15, -0.1) is 0 Å². The van der Waals surface area contributed by atoms with Crippen molar-refractivity contribution >= 4 is 10.8 Å². The van der Waals surface area contributed by atoms with Crippen molar-refractivity contribution in [2.24, 2.45) is 7.05 Å². The monoisotopic (exact) mass is 327 g/mol. The van der Waals surface area contributed by atoms with Gasteiger partial charge in [-0.2, -0.15) is 4.57 Å². The van der Waals surface area contributed by atoms with Gasteiger partial charge >= 0.3 is 0 Å². The average molecular weight is 327 g/mol. The Morgan fingerprint density at radius 2 is 1.48 bits per heavy atom. The summed E-state index contributed by atoms with van der Waals surface area (Å²) < 4.78 is 4.49. The third kappa shape index (κ3) is 2.74. The highest BCUT2D eigenvalue weighted by Crippen LogP contribution is 2.32. The van der Waals surface area contributed by atoms with E-state index in [1.165, 1.54) is 33.4 Å². The van der Waals surface area contributed by atoms with Crippen molar-refractivity contribution in [3.63, 3.8) is 0 Å². The van der Waals surface area contributed by atoms with Crippen LogP contribution < -0.4 is 4.57 Å². The minimum Gasteiger partial charge on any atom is -0.232 e. The molecule has 124 valence electrons. The van der Waals surface area contributed by atoms with Crippen LogP contribution in [0.4, 0.5) is 0 Å². The van der Waals surface area contributed by atoms with E-state index in [9.17, 15) is 0 Å². The molecule has 2 nitrogen and oxygen atoms in total. The molecule has 4 aromatic rings. The molecule has 0 saturated carbocycles. The van der Waals surface area contributed by atoms with Gasteiger partial charge in [0.25, 0.3) is 5.82 Å². The van der Waals surface area contributed by atoms with Crippen LogP contribution in [0.1, 0.15) is 25.3 Å². The first-order chi connectivity index (χ1) is 12.1. The standard InChI is InChI=1S/C23H23N2/c1-17(2)21-15-18-9-7-8-10-19(18)16-22(21)23-24(3)13-14-25(23)20-11-5-4-6-12-20/h4-17H,1-3H3/q+1. The molecule has 4 rings (SSSR count). The quantitative estimate of drug-likeness (QED) is 0.455. The molecule has 0 fully saturated rings. The molecule has 0 aliphatic heterocycles. The van der Waals surface area contributed by atoms with Crippen LogP contribution in [0, 0.1) is 0 Å². The van der Waals surface area contributed by atoms with Gasteiger partial charge in [0, 0.05) is 0 Å². The molecule has 1 aromatic heterocycles. The Kier molecular flexibility index (Phi) is 3.89. The molecule has 0 unspecified atom stereocenters. The van der Waals surface area contributed by atoms with Gasteiger partial charge in [-0.25, -0.2) is 4.57 Å². The van der Waals surface area contributed by atoms with Gasteiger partial charge in [-0.1, -0.05) is 56.3 Å². The molecule has 0 saturated heterocycles. The normalized spacial score (nSPS) is 11.4. The maximum atomic E-state index is 2.34. The molecule has 25 heavy (non-hydrogen) atoms. The summed E-state index contributed by atoms with van der Waals surface area (Å²) in [4.78, 5) is 0. The molecule has 0 bridgehead atoms. The summed E-state index contributed by atoms with van der Waals surface area (Å²) in [5.41, 5.74) is 3.86. The van der Waals surface area contributed by atoms with Crippen molar-refractivity contribution < 1.29 is 4.57 Å². The number of benzene rings is 3. The van der Waals surface area contributed by atoms with Crippen LogP contribution in [0.3, 0.4) is 0 Å². The average Bonchev–Trinajstić information content (AvgIpc) is 3.02. The van der Waals surface area contributed by atoms with E-state index in [1.807, 2.05) is 0 Å². The van der Waals surface area contributed by atoms with E-state index in [2.05, 4.69) is 109 Å². The fraction of sp³-hybridized carbons (Fsp3) is 0.174. The van der Waals surface area contributed by atoms with E-state index in [0.717, 1.165) is 0 Å². The lowest BCUT2D eigenvalue weighted by atomic mass is 9.93. The number of nitrogens with zero attached hydrogens (tertiary/aromatic N) is 2.